The summed E-state index contributed by atoms with van der Waals surface area (Å²) in [6.07, 6.45) is 1.10. The Bertz CT molecular complexity index is 193. The van der Waals surface area contributed by atoms with Gasteiger partial charge in [-0.1, -0.05) is 27.7 Å². The van der Waals surface area contributed by atoms with Crippen molar-refractivity contribution in [3.8, 4) is 0 Å². The average molecular weight is 260 g/mol. The number of nitrogens with one attached hydrogen (secondary N) is 1. The fourth-order valence-corrected chi connectivity index (χ4v) is 2.10. The lowest BCUT2D eigenvalue weighted by Gasteiger charge is -2.33. The second-order valence-electron chi connectivity index (χ2n) is 5.82. The van der Waals surface area contributed by atoms with E-state index in [0.717, 1.165) is 39.2 Å². The largest absolute Gasteiger partial charge is 0.395 e. The van der Waals surface area contributed by atoms with Crippen molar-refractivity contribution in [1.29, 1.82) is 0 Å². The molecule has 110 valence electrons. The van der Waals surface area contributed by atoms with Gasteiger partial charge in [0.15, 0.2) is 0 Å². The maximum atomic E-state index is 9.07. The van der Waals surface area contributed by atoms with Gasteiger partial charge in [0.25, 0.3) is 0 Å². The predicted molar refractivity (Wildman–Crippen MR) is 76.9 cm³/mol. The van der Waals surface area contributed by atoms with Crippen molar-refractivity contribution in [3.05, 3.63) is 0 Å². The third kappa shape index (κ3) is 8.03. The van der Waals surface area contributed by atoms with Crippen LogP contribution in [0.15, 0.2) is 0 Å². The molecule has 0 radical (unpaired) electrons. The van der Waals surface area contributed by atoms with Gasteiger partial charge in [0.1, 0.15) is 0 Å². The van der Waals surface area contributed by atoms with E-state index in [4.69, 9.17) is 9.84 Å². The van der Waals surface area contributed by atoms with Crippen LogP contribution in [0.3, 0.4) is 0 Å². The third-order valence-electron chi connectivity index (χ3n) is 3.26. The monoisotopic (exact) mass is 260 g/mol. The summed E-state index contributed by atoms with van der Waals surface area (Å²) in [6.45, 7) is 13.5. The van der Waals surface area contributed by atoms with Crippen molar-refractivity contribution >= 4 is 0 Å². The smallest absolute Gasteiger partial charge is 0.0589 e. The zero-order chi connectivity index (χ0) is 14.0. The first-order chi connectivity index (χ1) is 8.45. The Balaban J connectivity index is 4.18. The first-order valence-corrected chi connectivity index (χ1v) is 7.01. The second kappa shape index (κ2) is 9.73. The van der Waals surface area contributed by atoms with Crippen molar-refractivity contribution in [2.75, 3.05) is 46.5 Å². The van der Waals surface area contributed by atoms with Crippen LogP contribution in [0.4, 0.5) is 0 Å². The van der Waals surface area contributed by atoms with Gasteiger partial charge in [-0.05, 0) is 24.9 Å². The highest BCUT2D eigenvalue weighted by atomic mass is 16.5. The van der Waals surface area contributed by atoms with Crippen molar-refractivity contribution in [3.63, 3.8) is 0 Å². The van der Waals surface area contributed by atoms with Gasteiger partial charge in [-0.15, -0.1) is 0 Å². The number of methoxy groups -OCH3 is 1. The number of ether oxygens (including phenoxy) is 1. The molecule has 0 heterocycles. The molecule has 0 bridgehead atoms. The van der Waals surface area contributed by atoms with E-state index in [-0.39, 0.29) is 12.0 Å². The van der Waals surface area contributed by atoms with E-state index >= 15 is 0 Å². The molecule has 1 unspecified atom stereocenters. The molecule has 0 saturated carbocycles. The minimum atomic E-state index is 0.213. The summed E-state index contributed by atoms with van der Waals surface area (Å²) in [6, 6.07) is 0.506. The molecule has 4 heteroatoms. The van der Waals surface area contributed by atoms with Crippen LogP contribution in [0.1, 0.15) is 34.1 Å². The first kappa shape index (κ1) is 17.8. The van der Waals surface area contributed by atoms with Crippen LogP contribution in [0.25, 0.3) is 0 Å². The van der Waals surface area contributed by atoms with Crippen LogP contribution < -0.4 is 5.32 Å². The molecule has 0 rings (SSSR count). The lowest BCUT2D eigenvalue weighted by Crippen LogP contribution is -2.43. The number of aliphatic hydroxyl groups is 1. The van der Waals surface area contributed by atoms with E-state index in [9.17, 15) is 0 Å². The topological polar surface area (TPSA) is 44.7 Å². The zero-order valence-corrected chi connectivity index (χ0v) is 12.8. The van der Waals surface area contributed by atoms with Gasteiger partial charge in [-0.3, -0.25) is 4.90 Å². The predicted octanol–water partition coefficient (Wildman–Crippen LogP) is 1.34. The van der Waals surface area contributed by atoms with Crippen LogP contribution in [-0.2, 0) is 4.74 Å². The Morgan fingerprint density at radius 3 is 2.33 bits per heavy atom. The lowest BCUT2D eigenvalue weighted by molar-refractivity contribution is 0.121. The van der Waals surface area contributed by atoms with Crippen molar-refractivity contribution in [1.82, 2.24) is 10.2 Å². The first-order valence-electron chi connectivity index (χ1n) is 7.01. The van der Waals surface area contributed by atoms with Crippen molar-refractivity contribution in [2.45, 2.75) is 40.2 Å². The van der Waals surface area contributed by atoms with E-state index in [1.165, 1.54) is 0 Å². The highest BCUT2D eigenvalue weighted by Gasteiger charge is 2.23. The van der Waals surface area contributed by atoms with Crippen LogP contribution in [0, 0.1) is 5.41 Å². The summed E-state index contributed by atoms with van der Waals surface area (Å²) in [5, 5.41) is 12.6. The van der Waals surface area contributed by atoms with Gasteiger partial charge in [0.2, 0.25) is 0 Å². The molecule has 0 aromatic heterocycles. The minimum absolute atomic E-state index is 0.213. The van der Waals surface area contributed by atoms with E-state index in [1.807, 2.05) is 0 Å². The molecule has 0 aliphatic carbocycles. The Labute approximate surface area is 113 Å². The van der Waals surface area contributed by atoms with Crippen molar-refractivity contribution in [2.24, 2.45) is 5.41 Å². The molecule has 2 N–H and O–H groups in total. The highest BCUT2D eigenvalue weighted by molar-refractivity contribution is 4.81. The molecule has 0 aliphatic heterocycles. The quantitative estimate of drug-likeness (QED) is 0.622. The van der Waals surface area contributed by atoms with Crippen LogP contribution >= 0.6 is 0 Å². The summed E-state index contributed by atoms with van der Waals surface area (Å²) >= 11 is 0. The van der Waals surface area contributed by atoms with Gasteiger partial charge < -0.3 is 15.2 Å². The highest BCUT2D eigenvalue weighted by Crippen LogP contribution is 2.21. The molecule has 0 spiro atoms. The van der Waals surface area contributed by atoms with Gasteiger partial charge in [0, 0.05) is 26.2 Å². The maximum absolute atomic E-state index is 9.07. The third-order valence-corrected chi connectivity index (χ3v) is 3.26. The number of rotatable bonds is 10. The second-order valence-corrected chi connectivity index (χ2v) is 5.82. The van der Waals surface area contributed by atoms with E-state index < -0.39 is 0 Å². The molecule has 4 nitrogen and oxygen atoms in total. The summed E-state index contributed by atoms with van der Waals surface area (Å²) in [5.41, 5.74) is 0.266. The van der Waals surface area contributed by atoms with Gasteiger partial charge >= 0.3 is 0 Å². The van der Waals surface area contributed by atoms with Crippen LogP contribution in [-0.4, -0.2) is 62.6 Å². The molecular formula is C14H32N2O2. The minimum Gasteiger partial charge on any atom is -0.395 e. The lowest BCUT2D eigenvalue weighted by atomic mass is 9.84. The van der Waals surface area contributed by atoms with Crippen LogP contribution in [0.5, 0.6) is 0 Å². The Morgan fingerprint density at radius 1 is 1.22 bits per heavy atom. The normalized spacial score (nSPS) is 14.2. The summed E-state index contributed by atoms with van der Waals surface area (Å²) in [5.74, 6) is 0. The molecule has 0 saturated heterocycles. The Kier molecular flexibility index (Phi) is 9.64. The zero-order valence-electron chi connectivity index (χ0n) is 12.8. The molecule has 0 amide bonds. The SMILES string of the molecule is CCNC(CCN(CCO)CCOC)C(C)(C)C. The molecule has 0 aromatic rings. The van der Waals surface area contributed by atoms with E-state index in [1.54, 1.807) is 7.11 Å². The van der Waals surface area contributed by atoms with Crippen molar-refractivity contribution < 1.29 is 9.84 Å². The fourth-order valence-electron chi connectivity index (χ4n) is 2.10. The molecule has 0 aliphatic rings. The summed E-state index contributed by atoms with van der Waals surface area (Å²) < 4.78 is 5.10. The number of nitrogens with zero attached hydrogens (tertiary/aromatic N) is 1. The van der Waals surface area contributed by atoms with Gasteiger partial charge in [-0.2, -0.15) is 0 Å². The Hall–Kier alpha value is -0.160. The molecular weight excluding hydrogens is 228 g/mol. The average Bonchev–Trinajstić information content (AvgIpc) is 2.29. The summed E-state index contributed by atoms with van der Waals surface area (Å²) in [4.78, 5) is 2.26. The van der Waals surface area contributed by atoms with E-state index in [0.29, 0.717) is 6.04 Å². The molecule has 0 fully saturated rings. The van der Waals surface area contributed by atoms with Gasteiger partial charge in [0.05, 0.1) is 13.2 Å². The van der Waals surface area contributed by atoms with E-state index in [2.05, 4.69) is 37.9 Å². The molecule has 1 atom stereocenters. The molecule has 18 heavy (non-hydrogen) atoms. The fraction of sp³-hybridized carbons (Fsp3) is 1.00. The Morgan fingerprint density at radius 2 is 1.89 bits per heavy atom. The number of hydrogen-bond acceptors (Lipinski definition) is 4. The van der Waals surface area contributed by atoms with Gasteiger partial charge in [-0.25, -0.2) is 0 Å². The molecule has 0 aromatic carbocycles. The standard InChI is InChI=1S/C14H32N2O2/c1-6-15-13(14(2,3)4)7-8-16(9-11-17)10-12-18-5/h13,15,17H,6-12H2,1-5H3. The van der Waals surface area contributed by atoms with Crippen LogP contribution in [0.2, 0.25) is 0 Å². The summed E-state index contributed by atoms with van der Waals surface area (Å²) in [7, 11) is 1.72. The number of hydrogen-bond donors (Lipinski definition) is 2. The number of aliphatic hydroxyl groups excluding tert-OH is 1. The maximum Gasteiger partial charge on any atom is 0.0589 e.